The number of likely N-dealkylation sites (N-methyl/N-ethyl adjacent to an activating group) is 1. The largest absolute Gasteiger partial charge is 0.444 e. The summed E-state index contributed by atoms with van der Waals surface area (Å²) in [5.41, 5.74) is 1.15. The highest BCUT2D eigenvalue weighted by Gasteiger charge is 2.32. The monoisotopic (exact) mass is 582 g/mol. The van der Waals surface area contributed by atoms with Crippen LogP contribution in [0.1, 0.15) is 52.2 Å². The Bertz CT molecular complexity index is 1100. The molecule has 0 aliphatic heterocycles. The zero-order chi connectivity index (χ0) is 31.3. The van der Waals surface area contributed by atoms with Gasteiger partial charge in [0.2, 0.25) is 11.8 Å². The van der Waals surface area contributed by atoms with E-state index in [1.165, 1.54) is 0 Å². The third kappa shape index (κ3) is 13.0. The number of nitrogens with zero attached hydrogens (tertiary/aromatic N) is 1. The maximum atomic E-state index is 13.8. The van der Waals surface area contributed by atoms with Gasteiger partial charge >= 0.3 is 6.09 Å². The summed E-state index contributed by atoms with van der Waals surface area (Å²) in [4.78, 5) is 41.4. The van der Waals surface area contributed by atoms with Gasteiger partial charge in [0.1, 0.15) is 11.6 Å². The van der Waals surface area contributed by atoms with Crippen molar-refractivity contribution in [3.8, 4) is 0 Å². The van der Waals surface area contributed by atoms with E-state index in [1.807, 2.05) is 93.5 Å². The number of carbonyl (C=O) groups excluding carboxylic acids is 3. The van der Waals surface area contributed by atoms with E-state index < -0.39 is 35.8 Å². The van der Waals surface area contributed by atoms with E-state index >= 15 is 0 Å². The molecule has 0 radical (unpaired) electrons. The fraction of sp³-hybridized carbons (Fsp3) is 0.545. The van der Waals surface area contributed by atoms with Crippen LogP contribution in [0.15, 0.2) is 60.7 Å². The molecule has 0 spiro atoms. The summed E-state index contributed by atoms with van der Waals surface area (Å²) < 4.78 is 5.47. The summed E-state index contributed by atoms with van der Waals surface area (Å²) in [6, 6.07) is 17.7. The average Bonchev–Trinajstić information content (AvgIpc) is 2.90. The van der Waals surface area contributed by atoms with Crippen LogP contribution in [0.4, 0.5) is 4.79 Å². The fourth-order valence-corrected chi connectivity index (χ4v) is 4.57. The number of rotatable bonds is 15. The number of ether oxygens (including phenoxy) is 1. The van der Waals surface area contributed by atoms with Crippen molar-refractivity contribution in [3.63, 3.8) is 0 Å². The number of amides is 3. The second-order valence-electron chi connectivity index (χ2n) is 12.5. The molecule has 0 bridgehead atoms. The molecule has 2 rings (SSSR count). The first-order valence-electron chi connectivity index (χ1n) is 14.7. The Hall–Kier alpha value is -3.43. The van der Waals surface area contributed by atoms with Gasteiger partial charge in [0, 0.05) is 19.0 Å². The fourth-order valence-electron chi connectivity index (χ4n) is 4.57. The first kappa shape index (κ1) is 34.8. The standard InChI is InChI=1S/C33H50N4O5/c1-23(2)29(31(40)34-18-19-37(6)7)36-30(39)26(20-24-14-10-8-11-15-24)22-28(38)27(21-25-16-12-9-13-17-25)35-32(41)42-33(3,4)5/h8-17,23,26-29,38H,18-22H2,1-7H3,(H,34,40)(H,35,41)(H,36,39)/t26-,27+,28+,29+/m1/s1. The van der Waals surface area contributed by atoms with Gasteiger partial charge in [0.25, 0.3) is 0 Å². The van der Waals surface area contributed by atoms with Gasteiger partial charge < -0.3 is 30.7 Å². The molecule has 42 heavy (non-hydrogen) atoms. The lowest BCUT2D eigenvalue weighted by Crippen LogP contribution is -2.53. The second kappa shape index (κ2) is 16.9. The highest BCUT2D eigenvalue weighted by molar-refractivity contribution is 5.88. The molecule has 232 valence electrons. The third-order valence-corrected chi connectivity index (χ3v) is 6.79. The smallest absolute Gasteiger partial charge is 0.407 e. The van der Waals surface area contributed by atoms with Crippen molar-refractivity contribution in [2.24, 2.45) is 11.8 Å². The number of benzene rings is 2. The van der Waals surface area contributed by atoms with E-state index in [4.69, 9.17) is 4.74 Å². The van der Waals surface area contributed by atoms with Gasteiger partial charge in [-0.25, -0.2) is 4.79 Å². The van der Waals surface area contributed by atoms with Crippen LogP contribution in [0.3, 0.4) is 0 Å². The van der Waals surface area contributed by atoms with E-state index in [2.05, 4.69) is 16.0 Å². The molecule has 2 aromatic carbocycles. The lowest BCUT2D eigenvalue weighted by Gasteiger charge is -2.30. The number of nitrogens with one attached hydrogen (secondary N) is 3. The number of hydrogen-bond acceptors (Lipinski definition) is 6. The van der Waals surface area contributed by atoms with E-state index in [-0.39, 0.29) is 24.2 Å². The molecule has 0 aliphatic carbocycles. The molecule has 2 aromatic rings. The highest BCUT2D eigenvalue weighted by atomic mass is 16.6. The quantitative estimate of drug-likeness (QED) is 0.255. The molecular formula is C33H50N4O5. The van der Waals surface area contributed by atoms with Gasteiger partial charge in [-0.05, 0) is 71.2 Å². The normalized spacial score (nSPS) is 14.5. The molecule has 9 heteroatoms. The molecule has 0 saturated carbocycles. The molecule has 0 unspecified atom stereocenters. The summed E-state index contributed by atoms with van der Waals surface area (Å²) in [6.07, 6.45) is -0.920. The molecule has 3 amide bonds. The van der Waals surface area contributed by atoms with Crippen LogP contribution < -0.4 is 16.0 Å². The van der Waals surface area contributed by atoms with E-state index in [9.17, 15) is 19.5 Å². The van der Waals surface area contributed by atoms with Gasteiger partial charge in [-0.3, -0.25) is 9.59 Å². The maximum absolute atomic E-state index is 13.8. The zero-order valence-electron chi connectivity index (χ0n) is 26.2. The summed E-state index contributed by atoms with van der Waals surface area (Å²) in [6.45, 7) is 10.2. The predicted octanol–water partition coefficient (Wildman–Crippen LogP) is 3.55. The zero-order valence-corrected chi connectivity index (χ0v) is 26.2. The van der Waals surface area contributed by atoms with Crippen molar-refractivity contribution in [1.29, 1.82) is 0 Å². The summed E-state index contributed by atoms with van der Waals surface area (Å²) >= 11 is 0. The predicted molar refractivity (Wildman–Crippen MR) is 166 cm³/mol. The Morgan fingerprint density at radius 3 is 1.90 bits per heavy atom. The van der Waals surface area contributed by atoms with Crippen molar-refractivity contribution in [2.75, 3.05) is 27.2 Å². The third-order valence-electron chi connectivity index (χ3n) is 6.79. The van der Waals surface area contributed by atoms with Gasteiger partial charge in [-0.1, -0.05) is 74.5 Å². The summed E-state index contributed by atoms with van der Waals surface area (Å²) in [5.74, 6) is -1.37. The number of carbonyl (C=O) groups is 3. The SMILES string of the molecule is CC(C)[C@H](NC(=O)[C@H](Cc1ccccc1)C[C@H](O)[C@H](Cc1ccccc1)NC(=O)OC(C)(C)C)C(=O)NCCN(C)C. The van der Waals surface area contributed by atoms with Gasteiger partial charge in [-0.2, -0.15) is 0 Å². The molecule has 0 saturated heterocycles. The molecule has 0 aliphatic rings. The number of alkyl carbamates (subject to hydrolysis) is 1. The molecule has 0 heterocycles. The molecule has 0 aromatic heterocycles. The van der Waals surface area contributed by atoms with Crippen LogP contribution in [0.2, 0.25) is 0 Å². The van der Waals surface area contributed by atoms with Gasteiger partial charge in [-0.15, -0.1) is 0 Å². The minimum atomic E-state index is -1.07. The summed E-state index contributed by atoms with van der Waals surface area (Å²) in [5, 5.41) is 20.2. The van der Waals surface area contributed by atoms with Crippen molar-refractivity contribution in [2.45, 2.75) is 77.7 Å². The number of aliphatic hydroxyl groups is 1. The van der Waals surface area contributed by atoms with E-state index in [0.717, 1.165) is 11.1 Å². The minimum absolute atomic E-state index is 0.0705. The van der Waals surface area contributed by atoms with Crippen LogP contribution in [-0.4, -0.2) is 78.9 Å². The van der Waals surface area contributed by atoms with E-state index in [0.29, 0.717) is 25.9 Å². The molecule has 0 fully saturated rings. The maximum Gasteiger partial charge on any atom is 0.407 e. The Morgan fingerprint density at radius 2 is 1.40 bits per heavy atom. The van der Waals surface area contributed by atoms with Crippen LogP contribution in [0, 0.1) is 11.8 Å². The van der Waals surface area contributed by atoms with Gasteiger partial charge in [0.15, 0.2) is 0 Å². The van der Waals surface area contributed by atoms with Crippen LogP contribution in [0.25, 0.3) is 0 Å². The molecular weight excluding hydrogens is 532 g/mol. The Morgan fingerprint density at radius 1 is 0.857 bits per heavy atom. The molecule has 4 N–H and O–H groups in total. The van der Waals surface area contributed by atoms with Crippen LogP contribution >= 0.6 is 0 Å². The van der Waals surface area contributed by atoms with Crippen molar-refractivity contribution >= 4 is 17.9 Å². The molecule has 9 nitrogen and oxygen atoms in total. The lowest BCUT2D eigenvalue weighted by molar-refractivity contribution is -0.132. The van der Waals surface area contributed by atoms with Crippen molar-refractivity contribution in [3.05, 3.63) is 71.8 Å². The lowest BCUT2D eigenvalue weighted by atomic mass is 9.88. The average molecular weight is 583 g/mol. The topological polar surface area (TPSA) is 120 Å². The first-order chi connectivity index (χ1) is 19.7. The number of hydrogen-bond donors (Lipinski definition) is 4. The number of aliphatic hydroxyl groups excluding tert-OH is 1. The Balaban J connectivity index is 2.27. The van der Waals surface area contributed by atoms with Crippen LogP contribution in [-0.2, 0) is 27.2 Å². The van der Waals surface area contributed by atoms with Crippen LogP contribution in [0.5, 0.6) is 0 Å². The van der Waals surface area contributed by atoms with Crippen molar-refractivity contribution < 1.29 is 24.2 Å². The Labute approximate surface area is 251 Å². The van der Waals surface area contributed by atoms with E-state index in [1.54, 1.807) is 20.8 Å². The highest BCUT2D eigenvalue weighted by Crippen LogP contribution is 2.20. The molecule has 4 atom stereocenters. The first-order valence-corrected chi connectivity index (χ1v) is 14.7. The Kier molecular flexibility index (Phi) is 14.0. The minimum Gasteiger partial charge on any atom is -0.444 e. The van der Waals surface area contributed by atoms with Crippen molar-refractivity contribution in [1.82, 2.24) is 20.9 Å². The second-order valence-corrected chi connectivity index (χ2v) is 12.5. The summed E-state index contributed by atoms with van der Waals surface area (Å²) in [7, 11) is 3.85. The van der Waals surface area contributed by atoms with Gasteiger partial charge in [0.05, 0.1) is 12.1 Å².